The largest absolute Gasteiger partial charge is 0.437 e. The van der Waals surface area contributed by atoms with Crippen LogP contribution >= 0.6 is 11.6 Å². The number of nitro benzene ring substituents is 1. The van der Waals surface area contributed by atoms with Gasteiger partial charge in [-0.25, -0.2) is 4.98 Å². The molecule has 0 aliphatic heterocycles. The summed E-state index contributed by atoms with van der Waals surface area (Å²) in [7, 11) is 0. The molecule has 1 heterocycles. The van der Waals surface area contributed by atoms with Crippen LogP contribution in [0.2, 0.25) is 5.02 Å². The first-order chi connectivity index (χ1) is 9.11. The summed E-state index contributed by atoms with van der Waals surface area (Å²) in [5, 5.41) is 10.6. The second-order valence-corrected chi connectivity index (χ2v) is 3.90. The lowest BCUT2D eigenvalue weighted by Crippen LogP contribution is -1.94. The summed E-state index contributed by atoms with van der Waals surface area (Å²) in [6.07, 6.45) is 2.06. The monoisotopic (exact) mass is 278 g/mol. The van der Waals surface area contributed by atoms with E-state index in [2.05, 4.69) is 4.98 Å². The van der Waals surface area contributed by atoms with Crippen LogP contribution in [0.1, 0.15) is 10.4 Å². The van der Waals surface area contributed by atoms with Crippen molar-refractivity contribution in [2.75, 3.05) is 0 Å². The zero-order chi connectivity index (χ0) is 13.8. The quantitative estimate of drug-likeness (QED) is 0.487. The van der Waals surface area contributed by atoms with Crippen molar-refractivity contribution in [3.8, 4) is 11.6 Å². The number of rotatable bonds is 4. The maximum absolute atomic E-state index is 10.8. The summed E-state index contributed by atoms with van der Waals surface area (Å²) >= 11 is 5.87. The summed E-state index contributed by atoms with van der Waals surface area (Å²) in [6, 6.07) is 6.90. The van der Waals surface area contributed by atoms with Crippen LogP contribution in [0.3, 0.4) is 0 Å². The van der Waals surface area contributed by atoms with Crippen molar-refractivity contribution in [2.24, 2.45) is 0 Å². The Morgan fingerprint density at radius 1 is 1.37 bits per heavy atom. The van der Waals surface area contributed by atoms with Gasteiger partial charge in [0.05, 0.1) is 15.5 Å². The lowest BCUT2D eigenvalue weighted by molar-refractivity contribution is -0.384. The smallest absolute Gasteiger partial charge is 0.271 e. The third-order valence-corrected chi connectivity index (χ3v) is 2.56. The van der Waals surface area contributed by atoms with E-state index in [0.717, 1.165) is 0 Å². The minimum absolute atomic E-state index is 0.0664. The number of hydrogen-bond donors (Lipinski definition) is 0. The van der Waals surface area contributed by atoms with E-state index in [1.54, 1.807) is 6.07 Å². The molecule has 0 amide bonds. The SMILES string of the molecule is O=Cc1cccnc1Oc1ccc([N+](=O)[O-])cc1Cl. The van der Waals surface area contributed by atoms with Crippen LogP contribution in [0.4, 0.5) is 5.69 Å². The van der Waals surface area contributed by atoms with Crippen LogP contribution in [0.25, 0.3) is 0 Å². The van der Waals surface area contributed by atoms with E-state index in [-0.39, 0.29) is 27.9 Å². The van der Waals surface area contributed by atoms with Crippen LogP contribution < -0.4 is 4.74 Å². The van der Waals surface area contributed by atoms with Gasteiger partial charge in [0.15, 0.2) is 6.29 Å². The molecule has 0 radical (unpaired) electrons. The number of nitrogens with zero attached hydrogens (tertiary/aromatic N) is 2. The maximum Gasteiger partial charge on any atom is 0.271 e. The highest BCUT2D eigenvalue weighted by molar-refractivity contribution is 6.32. The van der Waals surface area contributed by atoms with E-state index in [1.165, 1.54) is 30.5 Å². The van der Waals surface area contributed by atoms with Gasteiger partial charge in [0.25, 0.3) is 5.69 Å². The molecule has 0 aliphatic rings. The first kappa shape index (κ1) is 13.0. The second-order valence-electron chi connectivity index (χ2n) is 3.49. The highest BCUT2D eigenvalue weighted by atomic mass is 35.5. The van der Waals surface area contributed by atoms with Crippen LogP contribution in [-0.4, -0.2) is 16.2 Å². The molecule has 19 heavy (non-hydrogen) atoms. The molecular formula is C12H7ClN2O4. The summed E-state index contributed by atoms with van der Waals surface area (Å²) in [6.45, 7) is 0. The Balaban J connectivity index is 2.33. The lowest BCUT2D eigenvalue weighted by Gasteiger charge is -2.07. The second kappa shape index (κ2) is 5.45. The van der Waals surface area contributed by atoms with Gasteiger partial charge in [0.1, 0.15) is 5.75 Å². The fraction of sp³-hybridized carbons (Fsp3) is 0. The topological polar surface area (TPSA) is 82.3 Å². The zero-order valence-corrected chi connectivity index (χ0v) is 10.2. The third kappa shape index (κ3) is 2.86. The maximum atomic E-state index is 10.8. The highest BCUT2D eigenvalue weighted by Crippen LogP contribution is 2.32. The van der Waals surface area contributed by atoms with E-state index in [1.807, 2.05) is 0 Å². The minimum atomic E-state index is -0.562. The fourth-order valence-electron chi connectivity index (χ4n) is 1.37. The van der Waals surface area contributed by atoms with Gasteiger partial charge in [-0.2, -0.15) is 0 Å². The van der Waals surface area contributed by atoms with Crippen molar-refractivity contribution < 1.29 is 14.5 Å². The van der Waals surface area contributed by atoms with E-state index >= 15 is 0 Å². The van der Waals surface area contributed by atoms with Gasteiger partial charge in [-0.3, -0.25) is 14.9 Å². The summed E-state index contributed by atoms with van der Waals surface area (Å²) in [4.78, 5) is 24.7. The van der Waals surface area contributed by atoms with E-state index < -0.39 is 4.92 Å². The first-order valence-corrected chi connectivity index (χ1v) is 5.51. The summed E-state index contributed by atoms with van der Waals surface area (Å²) < 4.78 is 5.37. The standard InChI is InChI=1S/C12H7ClN2O4/c13-10-6-9(15(17)18)3-4-11(10)19-12-8(7-16)2-1-5-14-12/h1-7H. The molecule has 6 nitrogen and oxygen atoms in total. The molecule has 0 unspecified atom stereocenters. The molecule has 0 fully saturated rings. The molecule has 7 heteroatoms. The van der Waals surface area contributed by atoms with Crippen molar-refractivity contribution in [1.82, 2.24) is 4.98 Å². The molecule has 2 rings (SSSR count). The number of hydrogen-bond acceptors (Lipinski definition) is 5. The molecule has 1 aromatic heterocycles. The van der Waals surface area contributed by atoms with Crippen LogP contribution in [0.5, 0.6) is 11.6 Å². The Morgan fingerprint density at radius 2 is 2.16 bits per heavy atom. The number of aromatic nitrogens is 1. The van der Waals surface area contributed by atoms with E-state index in [9.17, 15) is 14.9 Å². The molecule has 0 atom stereocenters. The Morgan fingerprint density at radius 3 is 2.79 bits per heavy atom. The van der Waals surface area contributed by atoms with Gasteiger partial charge in [0, 0.05) is 18.3 Å². The number of carbonyl (C=O) groups is 1. The molecule has 0 N–H and O–H groups in total. The Labute approximate surface area is 112 Å². The first-order valence-electron chi connectivity index (χ1n) is 5.14. The molecule has 1 aromatic carbocycles. The van der Waals surface area contributed by atoms with Gasteiger partial charge >= 0.3 is 0 Å². The fourth-order valence-corrected chi connectivity index (χ4v) is 1.58. The van der Waals surface area contributed by atoms with Gasteiger partial charge in [0.2, 0.25) is 5.88 Å². The van der Waals surface area contributed by atoms with Gasteiger partial charge in [-0.05, 0) is 18.2 Å². The van der Waals surface area contributed by atoms with E-state index in [4.69, 9.17) is 16.3 Å². The normalized spacial score (nSPS) is 9.95. The Bertz CT molecular complexity index is 645. The molecule has 0 saturated heterocycles. The van der Waals surface area contributed by atoms with Crippen LogP contribution in [-0.2, 0) is 0 Å². The number of aldehydes is 1. The van der Waals surface area contributed by atoms with Crippen molar-refractivity contribution >= 4 is 23.6 Å². The van der Waals surface area contributed by atoms with Gasteiger partial charge < -0.3 is 4.74 Å². The number of carbonyl (C=O) groups excluding carboxylic acids is 1. The molecule has 0 bridgehead atoms. The zero-order valence-electron chi connectivity index (χ0n) is 9.45. The summed E-state index contributed by atoms with van der Waals surface area (Å²) in [5.41, 5.74) is 0.117. The van der Waals surface area contributed by atoms with Crippen molar-refractivity contribution in [3.05, 3.63) is 57.2 Å². The number of halogens is 1. The van der Waals surface area contributed by atoms with Crippen molar-refractivity contribution in [1.29, 1.82) is 0 Å². The average Bonchev–Trinajstić information content (AvgIpc) is 2.41. The van der Waals surface area contributed by atoms with Gasteiger partial charge in [-0.1, -0.05) is 11.6 Å². The molecular weight excluding hydrogens is 272 g/mol. The number of non-ortho nitro benzene ring substituents is 1. The number of pyridine rings is 1. The molecule has 96 valence electrons. The predicted molar refractivity (Wildman–Crippen MR) is 67.8 cm³/mol. The molecule has 2 aromatic rings. The van der Waals surface area contributed by atoms with Crippen LogP contribution in [0, 0.1) is 10.1 Å². The minimum Gasteiger partial charge on any atom is -0.437 e. The Kier molecular flexibility index (Phi) is 3.72. The van der Waals surface area contributed by atoms with Crippen molar-refractivity contribution in [3.63, 3.8) is 0 Å². The number of ether oxygens (including phenoxy) is 1. The highest BCUT2D eigenvalue weighted by Gasteiger charge is 2.12. The van der Waals surface area contributed by atoms with Crippen LogP contribution in [0.15, 0.2) is 36.5 Å². The van der Waals surface area contributed by atoms with Gasteiger partial charge in [-0.15, -0.1) is 0 Å². The number of benzene rings is 1. The Hall–Kier alpha value is -2.47. The molecule has 0 aliphatic carbocycles. The average molecular weight is 279 g/mol. The predicted octanol–water partition coefficient (Wildman–Crippen LogP) is 3.25. The lowest BCUT2D eigenvalue weighted by atomic mass is 10.3. The molecule has 0 spiro atoms. The third-order valence-electron chi connectivity index (χ3n) is 2.26. The molecule has 0 saturated carbocycles. The van der Waals surface area contributed by atoms with Crippen molar-refractivity contribution in [2.45, 2.75) is 0 Å². The van der Waals surface area contributed by atoms with E-state index in [0.29, 0.717) is 6.29 Å². The number of nitro groups is 1. The summed E-state index contributed by atoms with van der Waals surface area (Å²) in [5.74, 6) is 0.280.